The molecule has 2 saturated carbocycles. The fraction of sp³-hybridized carbons (Fsp3) is 0.568. The third-order valence-electron chi connectivity index (χ3n) is 12.6. The van der Waals surface area contributed by atoms with Crippen LogP contribution in [0.15, 0.2) is 65.7 Å². The SMILES string of the molecule is CC(=O)O[C@@]12CO[C@@H]1C[C@H](O)[C@@]1(C)C(=O)[C@H](O)C3=C(C)[C@@H](OC(=O)[C@H](O)C(NC(=O)OC(C)(C)C)c4ccc(C)cc4)[C@H](O)C([C@@H](OC(=O)c4ccccc4)[C@H]21)C3(C)C. The summed E-state index contributed by atoms with van der Waals surface area (Å²) in [7, 11) is 0. The van der Waals surface area contributed by atoms with Crippen LogP contribution in [0.2, 0.25) is 0 Å². The Kier molecular flexibility index (Phi) is 11.7. The zero-order valence-electron chi connectivity index (χ0n) is 34.8. The molecule has 4 aliphatic rings. The number of alkyl carbamates (subject to hydrolysis) is 1. The molecule has 12 atom stereocenters. The quantitative estimate of drug-likeness (QED) is 0.146. The van der Waals surface area contributed by atoms with Crippen molar-refractivity contribution < 1.29 is 68.1 Å². The summed E-state index contributed by atoms with van der Waals surface area (Å²) in [5.41, 5.74) is -4.54. The minimum atomic E-state index is -2.08. The Morgan fingerprint density at radius 2 is 1.56 bits per heavy atom. The number of Topliss-reactive ketones (excluding diaryl/α,β-unsaturated/α-hetero) is 1. The Morgan fingerprint density at radius 3 is 2.12 bits per heavy atom. The fourth-order valence-electron chi connectivity index (χ4n) is 9.92. The standard InChI is InChI=1S/C44H55NO14/c1-21-15-17-24(18-16-21)30(45-40(54)59-41(4,5)6)33(50)39(53)56-34-22(2)28-32(49)37(51)43(9)26(47)19-27-44(20-55-27,58-23(3)46)36(43)35(29(31(34)48)42(28,7)8)57-38(52)25-13-11-10-12-14-25/h10-18,26-27,29-36,47-50H,19-20H2,1-9H3,(H,45,54)/t26-,27+,29?,30?,31+,32+,33+,34+,35+,36-,43+,44-/m0/s1. The number of amides is 1. The van der Waals surface area contributed by atoms with Crippen molar-refractivity contribution in [1.82, 2.24) is 5.32 Å². The van der Waals surface area contributed by atoms with E-state index in [1.807, 2.05) is 6.92 Å². The number of fused-ring (bicyclic) bond motifs is 5. The number of carbonyl (C=O) groups is 5. The highest BCUT2D eigenvalue weighted by molar-refractivity contribution is 5.94. The maximum absolute atomic E-state index is 15.0. The van der Waals surface area contributed by atoms with Gasteiger partial charge in [-0.25, -0.2) is 14.4 Å². The van der Waals surface area contributed by atoms with Crippen molar-refractivity contribution in [2.75, 3.05) is 6.61 Å². The summed E-state index contributed by atoms with van der Waals surface area (Å²) in [4.78, 5) is 69.1. The van der Waals surface area contributed by atoms with Crippen LogP contribution in [-0.4, -0.2) is 111 Å². The highest BCUT2D eigenvalue weighted by atomic mass is 16.6. The van der Waals surface area contributed by atoms with Crippen LogP contribution in [0.3, 0.4) is 0 Å². The molecule has 0 spiro atoms. The minimum Gasteiger partial charge on any atom is -0.458 e. The largest absolute Gasteiger partial charge is 0.458 e. The molecule has 0 aromatic heterocycles. The van der Waals surface area contributed by atoms with Gasteiger partial charge in [-0.15, -0.1) is 0 Å². The Morgan fingerprint density at radius 1 is 0.932 bits per heavy atom. The fourth-order valence-corrected chi connectivity index (χ4v) is 9.92. The molecule has 2 aromatic rings. The molecule has 2 unspecified atom stereocenters. The van der Waals surface area contributed by atoms with Crippen molar-refractivity contribution in [2.24, 2.45) is 22.7 Å². The summed E-state index contributed by atoms with van der Waals surface area (Å²) in [5, 5.41) is 50.9. The Balaban J connectivity index is 1.48. The van der Waals surface area contributed by atoms with Crippen LogP contribution in [-0.2, 0) is 38.1 Å². The van der Waals surface area contributed by atoms with Gasteiger partial charge in [-0.3, -0.25) is 9.59 Å². The number of aryl methyl sites for hydroxylation is 1. The van der Waals surface area contributed by atoms with Crippen molar-refractivity contribution in [2.45, 2.75) is 129 Å². The molecule has 5 N–H and O–H groups in total. The summed E-state index contributed by atoms with van der Waals surface area (Å²) >= 11 is 0. The first-order chi connectivity index (χ1) is 27.4. The number of ketones is 1. The van der Waals surface area contributed by atoms with E-state index in [4.69, 9.17) is 23.7 Å². The van der Waals surface area contributed by atoms with Gasteiger partial charge >= 0.3 is 24.0 Å². The van der Waals surface area contributed by atoms with Crippen LogP contribution in [0.1, 0.15) is 89.3 Å². The van der Waals surface area contributed by atoms with E-state index in [0.717, 1.165) is 5.56 Å². The zero-order valence-corrected chi connectivity index (χ0v) is 34.8. The van der Waals surface area contributed by atoms with Gasteiger partial charge in [-0.2, -0.15) is 0 Å². The molecule has 2 bridgehead atoms. The lowest BCUT2D eigenvalue weighted by Crippen LogP contribution is -2.80. The Hall–Kier alpha value is -4.67. The average molecular weight is 822 g/mol. The summed E-state index contributed by atoms with van der Waals surface area (Å²) in [5.74, 6) is -6.52. The molecular weight excluding hydrogens is 766 g/mol. The molecule has 2 aromatic carbocycles. The van der Waals surface area contributed by atoms with Gasteiger partial charge in [0.2, 0.25) is 0 Å². The van der Waals surface area contributed by atoms with Crippen molar-refractivity contribution in [3.8, 4) is 0 Å². The molecule has 0 radical (unpaired) electrons. The number of aliphatic hydroxyl groups excluding tert-OH is 4. The van der Waals surface area contributed by atoms with Crippen LogP contribution in [0.5, 0.6) is 0 Å². The van der Waals surface area contributed by atoms with Gasteiger partial charge in [-0.05, 0) is 75.8 Å². The van der Waals surface area contributed by atoms with Crippen LogP contribution in [0.25, 0.3) is 0 Å². The third-order valence-corrected chi connectivity index (χ3v) is 12.6. The van der Waals surface area contributed by atoms with E-state index in [9.17, 15) is 44.4 Å². The third kappa shape index (κ3) is 7.67. The predicted molar refractivity (Wildman–Crippen MR) is 208 cm³/mol. The summed E-state index contributed by atoms with van der Waals surface area (Å²) < 4.78 is 29.6. The summed E-state index contributed by atoms with van der Waals surface area (Å²) in [6.07, 6.45) is -12.6. The van der Waals surface area contributed by atoms with Crippen LogP contribution in [0, 0.1) is 29.6 Å². The number of carbonyl (C=O) groups excluding carboxylic acids is 5. The van der Waals surface area contributed by atoms with E-state index in [1.54, 1.807) is 77.1 Å². The first-order valence-corrected chi connectivity index (χ1v) is 19.8. The van der Waals surface area contributed by atoms with E-state index in [0.29, 0.717) is 5.56 Å². The predicted octanol–water partition coefficient (Wildman–Crippen LogP) is 3.42. The van der Waals surface area contributed by atoms with Gasteiger partial charge < -0.3 is 49.4 Å². The van der Waals surface area contributed by atoms with E-state index >= 15 is 0 Å². The van der Waals surface area contributed by atoms with Crippen molar-refractivity contribution in [1.29, 1.82) is 0 Å². The number of rotatable bonds is 8. The molecule has 320 valence electrons. The molecule has 1 heterocycles. The van der Waals surface area contributed by atoms with Crippen LogP contribution < -0.4 is 5.32 Å². The van der Waals surface area contributed by atoms with Crippen molar-refractivity contribution in [3.63, 3.8) is 0 Å². The molecule has 3 fully saturated rings. The molecule has 15 nitrogen and oxygen atoms in total. The lowest BCUT2D eigenvalue weighted by molar-refractivity contribution is -0.337. The van der Waals surface area contributed by atoms with E-state index in [2.05, 4.69) is 5.32 Å². The molecular formula is C44H55NO14. The number of ether oxygens (including phenoxy) is 5. The average Bonchev–Trinajstić information content (AvgIpc) is 3.14. The summed E-state index contributed by atoms with van der Waals surface area (Å²) in [6, 6.07) is 13.2. The smallest absolute Gasteiger partial charge is 0.408 e. The lowest BCUT2D eigenvalue weighted by atomic mass is 9.45. The number of aliphatic hydroxyl groups is 4. The second-order valence-corrected chi connectivity index (χ2v) is 18.0. The van der Waals surface area contributed by atoms with Crippen molar-refractivity contribution in [3.05, 3.63) is 82.4 Å². The van der Waals surface area contributed by atoms with E-state index in [1.165, 1.54) is 32.9 Å². The Bertz CT molecular complexity index is 2010. The molecule has 1 aliphatic heterocycles. The maximum Gasteiger partial charge on any atom is 0.408 e. The number of benzene rings is 2. The summed E-state index contributed by atoms with van der Waals surface area (Å²) in [6.45, 7) is 13.9. The second kappa shape index (κ2) is 15.7. The molecule has 15 heteroatoms. The van der Waals surface area contributed by atoms with E-state index < -0.39 is 112 Å². The number of hydrogen-bond acceptors (Lipinski definition) is 14. The topological polar surface area (TPSA) is 224 Å². The molecule has 3 aliphatic carbocycles. The van der Waals surface area contributed by atoms with Gasteiger partial charge in [0.25, 0.3) is 0 Å². The van der Waals surface area contributed by atoms with Crippen LogP contribution in [0.4, 0.5) is 4.79 Å². The van der Waals surface area contributed by atoms with Gasteiger partial charge in [0.15, 0.2) is 17.5 Å². The van der Waals surface area contributed by atoms with Gasteiger partial charge in [-0.1, -0.05) is 61.9 Å². The van der Waals surface area contributed by atoms with E-state index in [-0.39, 0.29) is 29.7 Å². The number of hydrogen-bond donors (Lipinski definition) is 5. The molecule has 6 rings (SSSR count). The van der Waals surface area contributed by atoms with Crippen LogP contribution >= 0.6 is 0 Å². The molecule has 59 heavy (non-hydrogen) atoms. The highest BCUT2D eigenvalue weighted by Gasteiger charge is 2.76. The lowest BCUT2D eigenvalue weighted by Gasteiger charge is -2.66. The number of esters is 3. The van der Waals surface area contributed by atoms with Gasteiger partial charge in [0.1, 0.15) is 36.1 Å². The monoisotopic (exact) mass is 821 g/mol. The van der Waals surface area contributed by atoms with Crippen molar-refractivity contribution >= 4 is 29.8 Å². The highest BCUT2D eigenvalue weighted by Crippen LogP contribution is 2.63. The first kappa shape index (κ1) is 43.9. The van der Waals surface area contributed by atoms with Gasteiger partial charge in [0.05, 0.1) is 35.6 Å². The second-order valence-electron chi connectivity index (χ2n) is 18.0. The maximum atomic E-state index is 15.0. The Labute approximate surface area is 343 Å². The minimum absolute atomic E-state index is 0.0354. The zero-order chi connectivity index (χ0) is 43.6. The van der Waals surface area contributed by atoms with Gasteiger partial charge in [0, 0.05) is 19.3 Å². The normalized spacial score (nSPS) is 33.3. The first-order valence-electron chi connectivity index (χ1n) is 19.8. The molecule has 1 saturated heterocycles. The number of nitrogens with one attached hydrogen (secondary N) is 1. The molecule has 1 amide bonds.